The zero-order valence-corrected chi connectivity index (χ0v) is 6.44. The number of rotatable bonds is 4. The summed E-state index contributed by atoms with van der Waals surface area (Å²) in [5.41, 5.74) is 0. The number of hydrogen-bond donors (Lipinski definition) is 1. The van der Waals surface area contributed by atoms with Gasteiger partial charge in [-0.1, -0.05) is 11.9 Å². The minimum atomic E-state index is -0.356. The third-order valence-corrected chi connectivity index (χ3v) is 1.64. The summed E-state index contributed by atoms with van der Waals surface area (Å²) in [6.45, 7) is -0.0391. The van der Waals surface area contributed by atoms with Gasteiger partial charge < -0.3 is 5.11 Å². The van der Waals surface area contributed by atoms with E-state index in [4.69, 9.17) is 5.11 Å². The Morgan fingerprint density at radius 2 is 2.33 bits per heavy atom. The van der Waals surface area contributed by atoms with E-state index < -0.39 is 0 Å². The fourth-order valence-corrected chi connectivity index (χ4v) is 0.636. The first-order valence-corrected chi connectivity index (χ1v) is 3.76. The van der Waals surface area contributed by atoms with Gasteiger partial charge in [-0.25, -0.2) is 4.31 Å². The third-order valence-electron chi connectivity index (χ3n) is 0.887. The first-order chi connectivity index (χ1) is 4.20. The van der Waals surface area contributed by atoms with Crippen molar-refractivity contribution in [2.24, 2.45) is 0 Å². The van der Waals surface area contributed by atoms with Gasteiger partial charge in [-0.2, -0.15) is 0 Å². The molecule has 0 rings (SSSR count). The summed E-state index contributed by atoms with van der Waals surface area (Å²) in [4.78, 5) is 10.5. The molecule has 4 heteroatoms. The van der Waals surface area contributed by atoms with E-state index in [1.807, 2.05) is 6.26 Å². The van der Waals surface area contributed by atoms with Crippen LogP contribution in [0, 0.1) is 0 Å². The molecule has 0 fully saturated rings. The maximum absolute atomic E-state index is 10.5. The summed E-state index contributed by atoms with van der Waals surface area (Å²) in [5.74, 6) is -0.146. The average Bonchev–Trinajstić information content (AvgIpc) is 1.87. The minimum Gasteiger partial charge on any atom is -0.389 e. The Morgan fingerprint density at radius 3 is 2.67 bits per heavy atom. The van der Waals surface area contributed by atoms with Crippen LogP contribution in [-0.4, -0.2) is 41.7 Å². The largest absolute Gasteiger partial charge is 0.389 e. The monoisotopic (exact) mass is 149 g/mol. The molecule has 0 saturated carbocycles. The van der Waals surface area contributed by atoms with E-state index in [0.717, 1.165) is 0 Å². The van der Waals surface area contributed by atoms with Gasteiger partial charge in [0, 0.05) is 0 Å². The molecule has 3 nitrogen and oxygen atoms in total. The molecule has 0 amide bonds. The van der Waals surface area contributed by atoms with Gasteiger partial charge in [-0.05, 0) is 13.3 Å². The van der Waals surface area contributed by atoms with Crippen molar-refractivity contribution < 1.29 is 9.90 Å². The average molecular weight is 149 g/mol. The molecule has 0 aromatic rings. The summed E-state index contributed by atoms with van der Waals surface area (Å²) in [5, 5.41) is 8.29. The summed E-state index contributed by atoms with van der Waals surface area (Å²) in [6.07, 6.45) is 1.88. The summed E-state index contributed by atoms with van der Waals surface area (Å²) < 4.78 is 1.76. The first-order valence-electron chi connectivity index (χ1n) is 2.58. The van der Waals surface area contributed by atoms with Gasteiger partial charge in [0.25, 0.3) is 0 Å². The van der Waals surface area contributed by atoms with Crippen molar-refractivity contribution in [3.63, 3.8) is 0 Å². The second-order valence-corrected chi connectivity index (χ2v) is 2.65. The normalized spacial score (nSPS) is 10.2. The van der Waals surface area contributed by atoms with Gasteiger partial charge in [-0.15, -0.1) is 0 Å². The van der Waals surface area contributed by atoms with Gasteiger partial charge in [0.1, 0.15) is 6.61 Å². The molecule has 0 aromatic carbocycles. The Kier molecular flexibility index (Phi) is 4.75. The van der Waals surface area contributed by atoms with E-state index in [9.17, 15) is 4.79 Å². The van der Waals surface area contributed by atoms with Crippen LogP contribution in [-0.2, 0) is 4.79 Å². The van der Waals surface area contributed by atoms with E-state index in [1.54, 1.807) is 11.4 Å². The quantitative estimate of drug-likeness (QED) is 0.560. The van der Waals surface area contributed by atoms with Crippen LogP contribution < -0.4 is 0 Å². The Labute approximate surface area is 59.2 Å². The molecule has 0 atom stereocenters. The smallest absolute Gasteiger partial charge is 0.173 e. The van der Waals surface area contributed by atoms with Crippen LogP contribution >= 0.6 is 11.9 Å². The molecular formula is C5H11NO2S. The van der Waals surface area contributed by atoms with E-state index in [-0.39, 0.29) is 12.4 Å². The lowest BCUT2D eigenvalue weighted by Gasteiger charge is -2.09. The van der Waals surface area contributed by atoms with Crippen molar-refractivity contribution in [3.05, 3.63) is 0 Å². The zero-order chi connectivity index (χ0) is 7.28. The molecule has 0 radical (unpaired) electrons. The van der Waals surface area contributed by atoms with Crippen LogP contribution in [0.4, 0.5) is 0 Å². The number of nitrogens with zero attached hydrogens (tertiary/aromatic N) is 1. The van der Waals surface area contributed by atoms with E-state index in [0.29, 0.717) is 6.54 Å². The fraction of sp³-hybridized carbons (Fsp3) is 0.800. The van der Waals surface area contributed by atoms with E-state index >= 15 is 0 Å². The number of likely N-dealkylation sites (N-methyl/N-ethyl adjacent to an activating group) is 1. The molecule has 0 spiro atoms. The lowest BCUT2D eigenvalue weighted by Crippen LogP contribution is -2.21. The van der Waals surface area contributed by atoms with Crippen LogP contribution in [0.15, 0.2) is 0 Å². The molecule has 0 aromatic heterocycles. The molecule has 1 N–H and O–H groups in total. The molecule has 0 aliphatic rings. The summed E-state index contributed by atoms with van der Waals surface area (Å²) in [6, 6.07) is 0. The molecule has 54 valence electrons. The molecule has 0 bridgehead atoms. The maximum Gasteiger partial charge on any atom is 0.173 e. The molecular weight excluding hydrogens is 138 g/mol. The number of aliphatic hydroxyl groups excluding tert-OH is 1. The second kappa shape index (κ2) is 4.78. The third kappa shape index (κ3) is 4.44. The minimum absolute atomic E-state index is 0.146. The molecule has 0 heterocycles. The second-order valence-electron chi connectivity index (χ2n) is 1.67. The Bertz CT molecular complexity index is 97.0. The number of aliphatic hydroxyl groups is 1. The molecule has 0 aliphatic heterocycles. The lowest BCUT2D eigenvalue weighted by atomic mass is 10.4. The van der Waals surface area contributed by atoms with Crippen molar-refractivity contribution in [3.8, 4) is 0 Å². The van der Waals surface area contributed by atoms with Gasteiger partial charge in [0.05, 0.1) is 6.54 Å². The Balaban J connectivity index is 3.34. The fourth-order valence-electron chi connectivity index (χ4n) is 0.363. The van der Waals surface area contributed by atoms with Gasteiger partial charge in [0.15, 0.2) is 5.78 Å². The number of carbonyl (C=O) groups is 1. The van der Waals surface area contributed by atoms with Gasteiger partial charge >= 0.3 is 0 Å². The zero-order valence-electron chi connectivity index (χ0n) is 5.63. The summed E-state index contributed by atoms with van der Waals surface area (Å²) >= 11 is 1.47. The van der Waals surface area contributed by atoms with Gasteiger partial charge in [0.2, 0.25) is 0 Å². The highest BCUT2D eigenvalue weighted by Crippen LogP contribution is 1.98. The maximum atomic E-state index is 10.5. The SMILES string of the molecule is CSN(C)CC(=O)CO. The van der Waals surface area contributed by atoms with Gasteiger partial charge in [-0.3, -0.25) is 4.79 Å². The van der Waals surface area contributed by atoms with Crippen molar-refractivity contribution in [2.75, 3.05) is 26.5 Å². The molecule has 0 aliphatic carbocycles. The predicted octanol–water partition coefficient (Wildman–Crippen LogP) is -0.242. The van der Waals surface area contributed by atoms with Crippen LogP contribution in [0.2, 0.25) is 0 Å². The highest BCUT2D eigenvalue weighted by molar-refractivity contribution is 7.96. The number of ketones is 1. The number of hydrogen-bond acceptors (Lipinski definition) is 4. The molecule has 0 saturated heterocycles. The molecule has 0 unspecified atom stereocenters. The number of carbonyl (C=O) groups excluding carboxylic acids is 1. The van der Waals surface area contributed by atoms with E-state index in [2.05, 4.69) is 0 Å². The van der Waals surface area contributed by atoms with Crippen molar-refractivity contribution in [1.82, 2.24) is 4.31 Å². The first kappa shape index (κ1) is 8.94. The highest BCUT2D eigenvalue weighted by Gasteiger charge is 2.01. The van der Waals surface area contributed by atoms with Crippen LogP contribution in [0.1, 0.15) is 0 Å². The number of Topliss-reactive ketones (excluding diaryl/α,β-unsaturated/α-hetero) is 1. The van der Waals surface area contributed by atoms with Crippen LogP contribution in [0.25, 0.3) is 0 Å². The van der Waals surface area contributed by atoms with E-state index in [1.165, 1.54) is 11.9 Å². The standard InChI is InChI=1S/C5H11NO2S/c1-6(9-2)3-5(8)4-7/h7H,3-4H2,1-2H3. The molecule has 9 heavy (non-hydrogen) atoms. The van der Waals surface area contributed by atoms with Crippen molar-refractivity contribution >= 4 is 17.7 Å². The Morgan fingerprint density at radius 1 is 1.78 bits per heavy atom. The van der Waals surface area contributed by atoms with Crippen molar-refractivity contribution in [1.29, 1.82) is 0 Å². The van der Waals surface area contributed by atoms with Crippen molar-refractivity contribution in [2.45, 2.75) is 0 Å². The summed E-state index contributed by atoms with van der Waals surface area (Å²) in [7, 11) is 1.80. The topological polar surface area (TPSA) is 40.5 Å². The lowest BCUT2D eigenvalue weighted by molar-refractivity contribution is -0.121. The van der Waals surface area contributed by atoms with Crippen LogP contribution in [0.5, 0.6) is 0 Å². The predicted molar refractivity (Wildman–Crippen MR) is 38.2 cm³/mol. The Hall–Kier alpha value is -0.0600. The van der Waals surface area contributed by atoms with Crippen LogP contribution in [0.3, 0.4) is 0 Å². The highest BCUT2D eigenvalue weighted by atomic mass is 32.2.